The molecule has 0 aliphatic rings. The van der Waals surface area contributed by atoms with Crippen molar-refractivity contribution in [1.29, 1.82) is 0 Å². The molecule has 19 heavy (non-hydrogen) atoms. The van der Waals surface area contributed by atoms with E-state index in [2.05, 4.69) is 15.2 Å². The van der Waals surface area contributed by atoms with E-state index in [4.69, 9.17) is 5.11 Å². The van der Waals surface area contributed by atoms with Gasteiger partial charge in [-0.3, -0.25) is 0 Å². The molecule has 0 aliphatic heterocycles. The summed E-state index contributed by atoms with van der Waals surface area (Å²) in [6.45, 7) is 1.52. The molecule has 0 atom stereocenters. The van der Waals surface area contributed by atoms with Gasteiger partial charge in [0.25, 0.3) is 0 Å². The number of hydrogen-bond donors (Lipinski definition) is 1. The van der Waals surface area contributed by atoms with E-state index in [1.165, 1.54) is 6.92 Å². The van der Waals surface area contributed by atoms with Crippen LogP contribution < -0.4 is 0 Å². The van der Waals surface area contributed by atoms with Crippen LogP contribution in [0.1, 0.15) is 20.4 Å². The number of thiazole rings is 1. The summed E-state index contributed by atoms with van der Waals surface area (Å²) >= 11 is 2.15. The first kappa shape index (κ1) is 14.2. The third kappa shape index (κ3) is 3.22. The van der Waals surface area contributed by atoms with Gasteiger partial charge in [-0.1, -0.05) is 22.7 Å². The summed E-state index contributed by atoms with van der Waals surface area (Å²) in [5.74, 6) is -1.12. The molecule has 0 aromatic carbocycles. The number of aromatic nitrogens is 3. The van der Waals surface area contributed by atoms with Gasteiger partial charge in [0.2, 0.25) is 5.01 Å². The van der Waals surface area contributed by atoms with E-state index in [1.807, 2.05) is 0 Å². The predicted octanol–water partition coefficient (Wildman–Crippen LogP) is 3.17. The number of halogens is 3. The Labute approximate surface area is 116 Å². The van der Waals surface area contributed by atoms with Crippen molar-refractivity contribution in [3.8, 4) is 0 Å². The maximum Gasteiger partial charge on any atom is 0.445 e. The van der Waals surface area contributed by atoms with Crippen LogP contribution in [-0.4, -0.2) is 26.3 Å². The third-order valence-corrected chi connectivity index (χ3v) is 5.02. The van der Waals surface area contributed by atoms with Gasteiger partial charge in [0.15, 0.2) is 8.68 Å². The number of carbonyl (C=O) groups is 1. The van der Waals surface area contributed by atoms with E-state index in [-0.39, 0.29) is 9.22 Å². The van der Waals surface area contributed by atoms with Gasteiger partial charge in [0.1, 0.15) is 4.88 Å². The highest BCUT2D eigenvalue weighted by atomic mass is 32.2. The van der Waals surface area contributed by atoms with E-state index in [9.17, 15) is 18.0 Å². The maximum absolute atomic E-state index is 12.3. The zero-order valence-corrected chi connectivity index (χ0v) is 11.5. The minimum absolute atomic E-state index is 0.0584. The minimum Gasteiger partial charge on any atom is -0.477 e. The second-order valence-corrected chi connectivity index (χ2v) is 6.64. The lowest BCUT2D eigenvalue weighted by Crippen LogP contribution is -2.03. The largest absolute Gasteiger partial charge is 0.477 e. The molecule has 0 aliphatic carbocycles. The quantitative estimate of drug-likeness (QED) is 0.933. The second-order valence-electron chi connectivity index (χ2n) is 3.17. The van der Waals surface area contributed by atoms with Crippen LogP contribution in [0.5, 0.6) is 0 Å². The van der Waals surface area contributed by atoms with Crippen LogP contribution in [0.3, 0.4) is 0 Å². The van der Waals surface area contributed by atoms with Crippen LogP contribution in [0.25, 0.3) is 0 Å². The zero-order valence-electron chi connectivity index (χ0n) is 9.06. The number of carboxylic acids is 1. The van der Waals surface area contributed by atoms with Gasteiger partial charge in [-0.2, -0.15) is 13.2 Å². The average Bonchev–Trinajstić information content (AvgIpc) is 2.85. The van der Waals surface area contributed by atoms with Gasteiger partial charge in [0.05, 0.1) is 5.69 Å². The van der Waals surface area contributed by atoms with E-state index >= 15 is 0 Å². The lowest BCUT2D eigenvalue weighted by molar-refractivity contribution is -0.138. The molecule has 102 valence electrons. The summed E-state index contributed by atoms with van der Waals surface area (Å²) in [6, 6.07) is 0. The fraction of sp³-hybridized carbons (Fsp3) is 0.250. The van der Waals surface area contributed by atoms with Crippen LogP contribution in [0.2, 0.25) is 0 Å². The summed E-state index contributed by atoms with van der Waals surface area (Å²) in [5.41, 5.74) is 0.320. The summed E-state index contributed by atoms with van der Waals surface area (Å²) in [7, 11) is 0. The van der Waals surface area contributed by atoms with Gasteiger partial charge >= 0.3 is 12.1 Å². The van der Waals surface area contributed by atoms with Crippen LogP contribution in [0.4, 0.5) is 13.2 Å². The molecule has 0 amide bonds. The van der Waals surface area contributed by atoms with Gasteiger partial charge in [0, 0.05) is 0 Å². The molecule has 0 saturated carbocycles. The molecule has 11 heteroatoms. The molecular formula is C8H4F3N3O2S3. The standard InChI is InChI=1S/C8H4F3N3O2S3/c1-2-3(4(15)16)17-6(12-2)19-7-14-13-5(18-7)8(9,10)11/h1H3,(H,15,16). The van der Waals surface area contributed by atoms with E-state index in [0.717, 1.165) is 23.1 Å². The van der Waals surface area contributed by atoms with Crippen molar-refractivity contribution in [1.82, 2.24) is 15.2 Å². The van der Waals surface area contributed by atoms with Gasteiger partial charge in [-0.05, 0) is 18.7 Å². The van der Waals surface area contributed by atoms with Crippen LogP contribution >= 0.6 is 34.4 Å². The highest BCUT2D eigenvalue weighted by Gasteiger charge is 2.35. The number of hydrogen-bond acceptors (Lipinski definition) is 7. The first-order chi connectivity index (χ1) is 8.77. The number of carboxylic acid groups (broad SMARTS) is 1. The molecule has 0 bridgehead atoms. The van der Waals surface area contributed by atoms with Crippen molar-refractivity contribution < 1.29 is 23.1 Å². The van der Waals surface area contributed by atoms with Crippen molar-refractivity contribution in [2.45, 2.75) is 21.8 Å². The first-order valence-corrected chi connectivity index (χ1v) is 7.01. The van der Waals surface area contributed by atoms with E-state index < -0.39 is 17.2 Å². The molecule has 2 aromatic heterocycles. The second kappa shape index (κ2) is 5.06. The Balaban J connectivity index is 2.20. The molecular weight excluding hydrogens is 323 g/mol. The normalized spacial score (nSPS) is 11.8. The Morgan fingerprint density at radius 3 is 2.42 bits per heavy atom. The van der Waals surface area contributed by atoms with Crippen molar-refractivity contribution in [3.63, 3.8) is 0 Å². The highest BCUT2D eigenvalue weighted by molar-refractivity contribution is 8.02. The molecule has 0 spiro atoms. The summed E-state index contributed by atoms with van der Waals surface area (Å²) in [6.07, 6.45) is -4.53. The van der Waals surface area contributed by atoms with Gasteiger partial charge < -0.3 is 5.11 Å². The number of nitrogens with zero attached hydrogens (tertiary/aromatic N) is 3. The van der Waals surface area contributed by atoms with Crippen molar-refractivity contribution in [2.75, 3.05) is 0 Å². The van der Waals surface area contributed by atoms with Gasteiger partial charge in [-0.15, -0.1) is 10.2 Å². The van der Waals surface area contributed by atoms with Crippen LogP contribution in [-0.2, 0) is 6.18 Å². The smallest absolute Gasteiger partial charge is 0.445 e. The summed E-state index contributed by atoms with van der Waals surface area (Å²) in [5, 5.41) is 14.2. The lowest BCUT2D eigenvalue weighted by atomic mass is 10.4. The number of aryl methyl sites for hydroxylation is 1. The van der Waals surface area contributed by atoms with E-state index in [0.29, 0.717) is 21.4 Å². The van der Waals surface area contributed by atoms with Crippen molar-refractivity contribution >= 4 is 40.4 Å². The third-order valence-electron chi connectivity index (χ3n) is 1.79. The minimum atomic E-state index is -4.53. The summed E-state index contributed by atoms with van der Waals surface area (Å²) in [4.78, 5) is 14.8. The summed E-state index contributed by atoms with van der Waals surface area (Å²) < 4.78 is 37.4. The Bertz CT molecular complexity index is 622. The molecule has 0 fully saturated rings. The molecule has 0 radical (unpaired) electrons. The fourth-order valence-corrected chi connectivity index (χ4v) is 4.00. The van der Waals surface area contributed by atoms with Gasteiger partial charge in [-0.25, -0.2) is 9.78 Å². The molecule has 2 aromatic rings. The number of aromatic carboxylic acids is 1. The molecule has 1 N–H and O–H groups in total. The zero-order chi connectivity index (χ0) is 14.2. The topological polar surface area (TPSA) is 76.0 Å². The van der Waals surface area contributed by atoms with E-state index in [1.54, 1.807) is 0 Å². The van der Waals surface area contributed by atoms with Crippen molar-refractivity contribution in [3.05, 3.63) is 15.6 Å². The average molecular weight is 327 g/mol. The lowest BCUT2D eigenvalue weighted by Gasteiger charge is -1.97. The Morgan fingerprint density at radius 1 is 1.26 bits per heavy atom. The monoisotopic (exact) mass is 327 g/mol. The molecule has 0 unspecified atom stereocenters. The Morgan fingerprint density at radius 2 is 1.95 bits per heavy atom. The molecule has 0 saturated heterocycles. The SMILES string of the molecule is Cc1nc(Sc2nnc(C(F)(F)F)s2)sc1C(=O)O. The van der Waals surface area contributed by atoms with Crippen molar-refractivity contribution in [2.24, 2.45) is 0 Å². The highest BCUT2D eigenvalue weighted by Crippen LogP contribution is 2.38. The molecule has 2 heterocycles. The van der Waals surface area contributed by atoms with Crippen LogP contribution in [0, 0.1) is 6.92 Å². The number of rotatable bonds is 3. The fourth-order valence-electron chi connectivity index (χ4n) is 1.05. The predicted molar refractivity (Wildman–Crippen MR) is 62.8 cm³/mol. The Hall–Kier alpha value is -1.20. The van der Waals surface area contributed by atoms with Crippen LogP contribution in [0.15, 0.2) is 8.68 Å². The molecule has 2 rings (SSSR count). The maximum atomic E-state index is 12.3. The molecule has 5 nitrogen and oxygen atoms in total. The Kier molecular flexibility index (Phi) is 3.78. The first-order valence-electron chi connectivity index (χ1n) is 4.56. The number of alkyl halides is 3.